The lowest BCUT2D eigenvalue weighted by molar-refractivity contribution is 0.256. The number of aromatic nitrogens is 4. The Kier molecular flexibility index (Phi) is 21.2. The summed E-state index contributed by atoms with van der Waals surface area (Å²) >= 11 is 3.96. The largest absolute Gasteiger partial charge is 0.329 e. The van der Waals surface area contributed by atoms with Crippen LogP contribution in [0.1, 0.15) is 193 Å². The number of rotatable bonds is 26. The third-order valence-corrected chi connectivity index (χ3v) is 9.88. The molecular weight excluding hydrogens is 636 g/mol. The first kappa shape index (κ1) is 40.2. The smallest absolute Gasteiger partial charge is 0.280 e. The lowest BCUT2D eigenvalue weighted by atomic mass is 9.91. The highest BCUT2D eigenvalue weighted by Crippen LogP contribution is 2.38. The van der Waals surface area contributed by atoms with E-state index in [2.05, 4.69) is 96.4 Å². The highest BCUT2D eigenvalue weighted by molar-refractivity contribution is 9.09. The van der Waals surface area contributed by atoms with Crippen molar-refractivity contribution in [1.29, 1.82) is 0 Å². The van der Waals surface area contributed by atoms with E-state index in [4.69, 9.17) is 0 Å². The first-order valence-corrected chi connectivity index (χ1v) is 19.9. The van der Waals surface area contributed by atoms with Crippen LogP contribution in [0.5, 0.6) is 0 Å². The maximum absolute atomic E-state index is 14.1. The number of unbranched alkanes of at least 4 members (excludes halogenated alkanes) is 17. The van der Waals surface area contributed by atoms with Crippen molar-refractivity contribution in [2.24, 2.45) is 0 Å². The quantitative estimate of drug-likeness (QED) is 0.0601. The van der Waals surface area contributed by atoms with Gasteiger partial charge in [0, 0.05) is 0 Å². The minimum atomic E-state index is -0.216. The average Bonchev–Trinajstić information content (AvgIpc) is 3.47. The number of anilines is 2. The number of tetrazole rings is 1. The fourth-order valence-electron chi connectivity index (χ4n) is 6.20. The van der Waals surface area contributed by atoms with Crippen molar-refractivity contribution in [3.63, 3.8) is 0 Å². The lowest BCUT2D eigenvalue weighted by Crippen LogP contribution is -2.42. The molecule has 2 aromatic rings. The molecule has 0 aliphatic rings. The number of nitrogens with one attached hydrogen (secondary N) is 1. The molecule has 0 fully saturated rings. The molecule has 2 amide bonds. The fraction of sp³-hybridized carbons (Fsp3) is 0.789. The maximum atomic E-state index is 14.1. The van der Waals surface area contributed by atoms with Gasteiger partial charge in [-0.2, -0.15) is 4.80 Å². The second kappa shape index (κ2) is 24.2. The molecule has 1 N–H and O–H groups in total. The highest BCUT2D eigenvalue weighted by atomic mass is 79.9. The topological polar surface area (TPSA) is 75.9 Å². The van der Waals surface area contributed by atoms with Gasteiger partial charge >= 0.3 is 6.03 Å². The molecular formula is C38H67BrN6O. The van der Waals surface area contributed by atoms with E-state index in [0.717, 1.165) is 31.5 Å². The number of hydrogen-bond donors (Lipinski definition) is 1. The zero-order valence-electron chi connectivity index (χ0n) is 30.3. The summed E-state index contributed by atoms with van der Waals surface area (Å²) in [7, 11) is 0. The Bertz CT molecular complexity index is 1040. The molecule has 2 rings (SSSR count). The van der Waals surface area contributed by atoms with Crippen LogP contribution in [-0.4, -0.2) is 31.2 Å². The van der Waals surface area contributed by atoms with Crippen molar-refractivity contribution < 1.29 is 4.79 Å². The third kappa shape index (κ3) is 15.3. The second-order valence-electron chi connectivity index (χ2n) is 13.8. The van der Waals surface area contributed by atoms with Crippen LogP contribution in [-0.2, 0) is 6.54 Å². The number of aryl methyl sites for hydroxylation is 1. The van der Waals surface area contributed by atoms with E-state index in [1.165, 1.54) is 120 Å². The number of alkyl halides is 1. The van der Waals surface area contributed by atoms with Crippen LogP contribution in [0.4, 0.5) is 16.4 Å². The molecule has 1 aromatic heterocycles. The summed E-state index contributed by atoms with van der Waals surface area (Å²) < 4.78 is 0. The molecule has 0 saturated carbocycles. The summed E-state index contributed by atoms with van der Waals surface area (Å²) in [5.74, 6) is 0.811. The monoisotopic (exact) mass is 702 g/mol. The van der Waals surface area contributed by atoms with Gasteiger partial charge in [-0.05, 0) is 41.0 Å². The van der Waals surface area contributed by atoms with Gasteiger partial charge in [-0.3, -0.25) is 10.2 Å². The molecule has 8 heteroatoms. The normalized spacial score (nSPS) is 12.3. The lowest BCUT2D eigenvalue weighted by Gasteiger charge is -2.33. The van der Waals surface area contributed by atoms with Gasteiger partial charge in [0.05, 0.1) is 17.2 Å². The molecule has 0 bridgehead atoms. The molecule has 1 heterocycles. The van der Waals surface area contributed by atoms with E-state index in [1.54, 1.807) is 4.80 Å². The van der Waals surface area contributed by atoms with E-state index in [0.29, 0.717) is 0 Å². The third-order valence-electron chi connectivity index (χ3n) is 9.01. The van der Waals surface area contributed by atoms with Gasteiger partial charge in [0.25, 0.3) is 5.95 Å². The van der Waals surface area contributed by atoms with Gasteiger partial charge in [0.1, 0.15) is 0 Å². The van der Waals surface area contributed by atoms with Crippen LogP contribution < -0.4 is 10.2 Å². The van der Waals surface area contributed by atoms with Crippen molar-refractivity contribution in [1.82, 2.24) is 20.2 Å². The summed E-state index contributed by atoms with van der Waals surface area (Å²) in [5.41, 5.74) is 3.35. The van der Waals surface area contributed by atoms with Gasteiger partial charge in [0.2, 0.25) is 0 Å². The number of nitrogens with zero attached hydrogens (tertiary/aromatic N) is 5. The Labute approximate surface area is 290 Å². The van der Waals surface area contributed by atoms with E-state index in [1.807, 2.05) is 4.90 Å². The molecule has 0 radical (unpaired) electrons. The minimum Gasteiger partial charge on any atom is -0.280 e. The molecule has 0 saturated heterocycles. The molecule has 0 aliphatic heterocycles. The Morgan fingerprint density at radius 2 is 1.20 bits per heavy atom. The van der Waals surface area contributed by atoms with Crippen molar-refractivity contribution >= 4 is 33.6 Å². The Hall–Kier alpha value is -1.96. The molecule has 0 aliphatic carbocycles. The number of para-hydroxylation sites is 1. The minimum absolute atomic E-state index is 0.142. The van der Waals surface area contributed by atoms with Crippen LogP contribution in [0.2, 0.25) is 0 Å². The second-order valence-corrected chi connectivity index (χ2v) is 14.9. The molecule has 7 nitrogen and oxygen atoms in total. The van der Waals surface area contributed by atoms with Crippen molar-refractivity contribution in [3.05, 3.63) is 29.3 Å². The molecule has 0 spiro atoms. The number of halogens is 1. The van der Waals surface area contributed by atoms with Gasteiger partial charge in [-0.15, -0.1) is 5.10 Å². The average molecular weight is 704 g/mol. The first-order chi connectivity index (χ1) is 22.3. The standard InChI is InChI=1S/C38H67BrN6O/c1-7-9-11-13-15-17-19-21-23-25-30-44-42-37(41-43-44)40-38(46)45(35(39)29-24-22-20-18-16-14-12-10-8-2)36-33(31(3)4)27-26-28-34(36)32(5)6/h26-28,31-32,35H,7-25,29-30H2,1-6H3,(H,40,42,46). The van der Waals surface area contributed by atoms with Crippen LogP contribution in [0.25, 0.3) is 0 Å². The summed E-state index contributed by atoms with van der Waals surface area (Å²) in [6.45, 7) is 14.0. The zero-order chi connectivity index (χ0) is 33.6. The summed E-state index contributed by atoms with van der Waals surface area (Å²) in [6.07, 6.45) is 25.2. The van der Waals surface area contributed by atoms with Crippen LogP contribution in [0.15, 0.2) is 18.2 Å². The van der Waals surface area contributed by atoms with Crippen molar-refractivity contribution in [2.75, 3.05) is 10.2 Å². The van der Waals surface area contributed by atoms with E-state index >= 15 is 0 Å². The molecule has 1 aromatic carbocycles. The zero-order valence-corrected chi connectivity index (χ0v) is 31.9. The van der Waals surface area contributed by atoms with Crippen LogP contribution in [0, 0.1) is 0 Å². The van der Waals surface area contributed by atoms with Crippen LogP contribution in [0.3, 0.4) is 0 Å². The number of urea groups is 1. The van der Waals surface area contributed by atoms with Crippen molar-refractivity contribution in [3.8, 4) is 0 Å². The van der Waals surface area contributed by atoms with Gasteiger partial charge < -0.3 is 0 Å². The predicted molar refractivity (Wildman–Crippen MR) is 200 cm³/mol. The fourth-order valence-corrected chi connectivity index (χ4v) is 6.91. The Morgan fingerprint density at radius 3 is 1.67 bits per heavy atom. The Morgan fingerprint density at radius 1 is 0.739 bits per heavy atom. The van der Waals surface area contributed by atoms with E-state index < -0.39 is 0 Å². The van der Waals surface area contributed by atoms with E-state index in [-0.39, 0.29) is 28.8 Å². The van der Waals surface area contributed by atoms with Gasteiger partial charge in [-0.1, -0.05) is 196 Å². The SMILES string of the molecule is CCCCCCCCCCCCn1nnc(NC(=O)N(c2c(C(C)C)cccc2C(C)C)C(Br)CCCCCCCCCCC)n1. The number of amides is 2. The maximum Gasteiger partial charge on any atom is 0.329 e. The highest BCUT2D eigenvalue weighted by Gasteiger charge is 2.30. The molecule has 1 atom stereocenters. The van der Waals surface area contributed by atoms with E-state index in [9.17, 15) is 4.79 Å². The summed E-state index contributed by atoms with van der Waals surface area (Å²) in [6, 6.07) is 6.22. The molecule has 46 heavy (non-hydrogen) atoms. The number of carbonyl (C=O) groups excluding carboxylic acids is 1. The first-order valence-electron chi connectivity index (χ1n) is 18.9. The predicted octanol–water partition coefficient (Wildman–Crippen LogP) is 12.5. The summed E-state index contributed by atoms with van der Waals surface area (Å²) in [4.78, 5) is 17.5. The number of benzene rings is 1. The number of hydrogen-bond acceptors (Lipinski definition) is 4. The molecule has 1 unspecified atom stereocenters. The summed E-state index contributed by atoms with van der Waals surface area (Å²) in [5, 5.41) is 16.0. The van der Waals surface area contributed by atoms with Gasteiger partial charge in [-0.25, -0.2) is 4.79 Å². The van der Waals surface area contributed by atoms with Crippen LogP contribution >= 0.6 is 15.9 Å². The van der Waals surface area contributed by atoms with Gasteiger partial charge in [0.15, 0.2) is 0 Å². The molecule has 262 valence electrons. The number of carbonyl (C=O) groups is 1. The Balaban J connectivity index is 2.01. The van der Waals surface area contributed by atoms with Crippen molar-refractivity contribution in [2.45, 2.75) is 193 Å².